The summed E-state index contributed by atoms with van der Waals surface area (Å²) < 4.78 is 11.3. The molecule has 0 saturated heterocycles. The second-order valence-electron chi connectivity index (χ2n) is 3.91. The summed E-state index contributed by atoms with van der Waals surface area (Å²) in [5, 5.41) is 1.00. The maximum Gasteiger partial charge on any atom is 0.358 e. The van der Waals surface area contributed by atoms with Crippen LogP contribution in [0, 0.1) is 0 Å². The fourth-order valence-electron chi connectivity index (χ4n) is 1.66. The smallest absolute Gasteiger partial charge is 0.358 e. The summed E-state index contributed by atoms with van der Waals surface area (Å²) in [5.41, 5.74) is 0.0920. The molecule has 0 fully saturated rings. The van der Waals surface area contributed by atoms with Gasteiger partial charge in [-0.1, -0.05) is 18.2 Å². The zero-order chi connectivity index (χ0) is 14.5. The fourth-order valence-corrected chi connectivity index (χ4v) is 2.54. The van der Waals surface area contributed by atoms with E-state index in [4.69, 9.17) is 9.47 Å². The van der Waals surface area contributed by atoms with E-state index in [1.54, 1.807) is 13.2 Å². The van der Waals surface area contributed by atoms with Crippen molar-refractivity contribution in [2.45, 2.75) is 12.4 Å². The number of carbonyl (C=O) groups is 1. The van der Waals surface area contributed by atoms with Gasteiger partial charge in [-0.3, -0.25) is 0 Å². The Morgan fingerprint density at radius 1 is 1.45 bits per heavy atom. The van der Waals surface area contributed by atoms with Crippen molar-refractivity contribution in [1.29, 1.82) is 0 Å². The van der Waals surface area contributed by atoms with Gasteiger partial charge in [0.05, 0.1) is 16.6 Å². The van der Waals surface area contributed by atoms with Gasteiger partial charge in [0, 0.05) is 5.39 Å². The minimum Gasteiger partial charge on any atom is -0.463 e. The van der Waals surface area contributed by atoms with E-state index in [9.17, 15) is 4.79 Å². The third kappa shape index (κ3) is 3.43. The quantitative estimate of drug-likeness (QED) is 0.605. The van der Waals surface area contributed by atoms with Crippen LogP contribution in [0.1, 0.15) is 6.92 Å². The Hall–Kier alpha value is -1.27. The molecule has 6 heteroatoms. The molecule has 106 valence electrons. The predicted molar refractivity (Wildman–Crippen MR) is 84.0 cm³/mol. The van der Waals surface area contributed by atoms with E-state index in [2.05, 4.69) is 20.9 Å². The summed E-state index contributed by atoms with van der Waals surface area (Å²) in [6, 6.07) is 9.63. The number of carbonyl (C=O) groups excluding carboxylic acids is 1. The molecular weight excluding hydrogens is 342 g/mol. The maximum absolute atomic E-state index is 11.7. The van der Waals surface area contributed by atoms with Gasteiger partial charge >= 0.3 is 5.97 Å². The highest BCUT2D eigenvalue weighted by molar-refractivity contribution is 9.10. The number of nitrogens with zero attached hydrogens (tertiary/aromatic N) is 1. The second-order valence-corrected chi connectivity index (χ2v) is 5.66. The Labute approximate surface area is 130 Å². The van der Waals surface area contributed by atoms with Crippen LogP contribution >= 0.6 is 27.7 Å². The van der Waals surface area contributed by atoms with E-state index in [0.717, 1.165) is 10.9 Å². The lowest BCUT2D eigenvalue weighted by molar-refractivity contribution is -0.147. The highest BCUT2D eigenvalue weighted by Gasteiger charge is 2.22. The molecule has 2 aromatic rings. The molecule has 0 aliphatic rings. The molecule has 0 aliphatic heterocycles. The number of halogens is 1. The van der Waals surface area contributed by atoms with Gasteiger partial charge in [-0.05, 0) is 41.2 Å². The number of esters is 1. The van der Waals surface area contributed by atoms with E-state index in [1.807, 2.05) is 30.3 Å². The Kier molecular flexibility index (Phi) is 5.25. The van der Waals surface area contributed by atoms with Gasteiger partial charge in [0.25, 0.3) is 0 Å². The van der Waals surface area contributed by atoms with E-state index < -0.39 is 11.4 Å². The Bertz CT molecular complexity index is 620. The van der Waals surface area contributed by atoms with Gasteiger partial charge in [-0.2, -0.15) is 0 Å². The van der Waals surface area contributed by atoms with Crippen molar-refractivity contribution in [3.05, 3.63) is 34.8 Å². The van der Waals surface area contributed by atoms with E-state index >= 15 is 0 Å². The first-order chi connectivity index (χ1) is 9.65. The minimum atomic E-state index is -0.722. The number of hydrogen-bond donors (Lipinski definition) is 0. The van der Waals surface area contributed by atoms with Crippen LogP contribution in [0.25, 0.3) is 10.9 Å². The monoisotopic (exact) mass is 355 g/mol. The number of ether oxygens (including phenoxy) is 2. The number of pyridine rings is 1. The van der Waals surface area contributed by atoms with Gasteiger partial charge < -0.3 is 9.47 Å². The molecule has 1 aromatic heterocycles. The van der Waals surface area contributed by atoms with Crippen LogP contribution in [-0.4, -0.2) is 29.3 Å². The molecule has 0 radical (unpaired) electrons. The highest BCUT2D eigenvalue weighted by Crippen LogP contribution is 2.29. The van der Waals surface area contributed by atoms with Crippen LogP contribution in [0.2, 0.25) is 0 Å². The summed E-state index contributed by atoms with van der Waals surface area (Å²) in [4.78, 5) is 16.2. The summed E-state index contributed by atoms with van der Waals surface area (Å²) in [6.07, 6.45) is 1.79. The van der Waals surface area contributed by atoms with Crippen molar-refractivity contribution in [3.8, 4) is 5.88 Å². The third-order valence-corrected chi connectivity index (χ3v) is 3.84. The normalized spacial score (nSPS) is 12.2. The molecule has 0 spiro atoms. The topological polar surface area (TPSA) is 48.4 Å². The Morgan fingerprint density at radius 3 is 2.90 bits per heavy atom. The second kappa shape index (κ2) is 6.95. The molecular formula is C14H14BrNO3S. The van der Waals surface area contributed by atoms with E-state index in [1.165, 1.54) is 11.8 Å². The highest BCUT2D eigenvalue weighted by atomic mass is 79.9. The number of thioether (sulfide) groups is 1. The van der Waals surface area contributed by atoms with Gasteiger partial charge in [0.1, 0.15) is 0 Å². The van der Waals surface area contributed by atoms with Crippen LogP contribution in [0.5, 0.6) is 5.88 Å². The van der Waals surface area contributed by atoms with Gasteiger partial charge in [-0.15, -0.1) is 11.8 Å². The molecule has 1 unspecified atom stereocenters. The van der Waals surface area contributed by atoms with Crippen molar-refractivity contribution >= 4 is 44.6 Å². The molecule has 4 nitrogen and oxygen atoms in total. The zero-order valence-corrected chi connectivity index (χ0v) is 13.5. The van der Waals surface area contributed by atoms with Crippen LogP contribution in [0.15, 0.2) is 34.8 Å². The number of rotatable bonds is 5. The van der Waals surface area contributed by atoms with Crippen molar-refractivity contribution in [2.75, 3.05) is 12.9 Å². The molecule has 0 saturated carbocycles. The number of fused-ring (bicyclic) bond motifs is 1. The summed E-state index contributed by atoms with van der Waals surface area (Å²) >= 11 is 4.68. The van der Waals surface area contributed by atoms with Gasteiger partial charge in [0.2, 0.25) is 11.3 Å². The predicted octanol–water partition coefficient (Wildman–Crippen LogP) is 3.63. The number of aromatic nitrogens is 1. The van der Waals surface area contributed by atoms with Gasteiger partial charge in [-0.25, -0.2) is 9.78 Å². The summed E-state index contributed by atoms with van der Waals surface area (Å²) in [6.45, 7) is 2.09. The average Bonchev–Trinajstić information content (AvgIpc) is 2.45. The van der Waals surface area contributed by atoms with Crippen LogP contribution in [0.3, 0.4) is 0 Å². The molecule has 1 aromatic carbocycles. The van der Waals surface area contributed by atoms with Crippen molar-refractivity contribution in [1.82, 2.24) is 4.98 Å². The molecule has 2 rings (SSSR count). The minimum absolute atomic E-state index is 0.325. The summed E-state index contributed by atoms with van der Waals surface area (Å²) in [5.74, 6) is -0.0158. The molecule has 0 bridgehead atoms. The average molecular weight is 356 g/mol. The van der Waals surface area contributed by atoms with Crippen LogP contribution < -0.4 is 4.74 Å². The first kappa shape index (κ1) is 15.1. The fraction of sp³-hybridized carbons (Fsp3) is 0.286. The zero-order valence-electron chi connectivity index (χ0n) is 11.1. The Balaban J connectivity index is 2.27. The molecule has 1 heterocycles. The Morgan fingerprint density at radius 2 is 2.20 bits per heavy atom. The van der Waals surface area contributed by atoms with Crippen molar-refractivity contribution in [2.24, 2.45) is 0 Å². The largest absolute Gasteiger partial charge is 0.463 e. The lowest BCUT2D eigenvalue weighted by atomic mass is 10.2. The van der Waals surface area contributed by atoms with Crippen molar-refractivity contribution in [3.63, 3.8) is 0 Å². The first-order valence-electron chi connectivity index (χ1n) is 6.07. The lowest BCUT2D eigenvalue weighted by Gasteiger charge is -2.15. The van der Waals surface area contributed by atoms with Gasteiger partial charge in [0.15, 0.2) is 0 Å². The van der Waals surface area contributed by atoms with E-state index in [0.29, 0.717) is 17.0 Å². The van der Waals surface area contributed by atoms with Crippen LogP contribution in [0.4, 0.5) is 0 Å². The van der Waals surface area contributed by atoms with Crippen molar-refractivity contribution < 1.29 is 14.3 Å². The number of hydrogen-bond acceptors (Lipinski definition) is 5. The van der Waals surface area contributed by atoms with Crippen LogP contribution in [-0.2, 0) is 9.53 Å². The molecule has 20 heavy (non-hydrogen) atoms. The molecule has 0 N–H and O–H groups in total. The molecule has 0 amide bonds. The molecule has 0 aliphatic carbocycles. The number of benzene rings is 1. The third-order valence-electron chi connectivity index (χ3n) is 2.56. The van der Waals surface area contributed by atoms with E-state index in [-0.39, 0.29) is 0 Å². The first-order valence-corrected chi connectivity index (χ1v) is 8.15. The summed E-state index contributed by atoms with van der Waals surface area (Å²) in [7, 11) is 0. The maximum atomic E-state index is 11.7. The lowest BCUT2D eigenvalue weighted by Crippen LogP contribution is -2.26. The number of para-hydroxylation sites is 1. The standard InChI is InChI=1S/C14H14BrNO3S/c1-3-18-13(17)14(20-2)19-12-10(15)8-9-6-4-5-7-11(9)16-12/h4-8,14H,3H2,1-2H3. The SMILES string of the molecule is CCOC(=O)C(Oc1nc2ccccc2cc1Br)SC. The molecule has 1 atom stereocenters.